The molecular formula is C19H17N3O4S. The van der Waals surface area contributed by atoms with Gasteiger partial charge in [-0.05, 0) is 48.1 Å². The molecule has 0 aliphatic rings. The Morgan fingerprint density at radius 3 is 2.67 bits per heavy atom. The Hall–Kier alpha value is -3.52. The number of nitrogens with zero attached hydrogens (tertiary/aromatic N) is 1. The first-order valence-electron chi connectivity index (χ1n) is 7.86. The largest absolute Gasteiger partial charge is 0.489 e. The second-order valence-corrected chi connectivity index (χ2v) is 5.66. The number of carbonyl (C=O) groups is 1. The van der Waals surface area contributed by atoms with Gasteiger partial charge in [-0.15, -0.1) is 0 Å². The summed E-state index contributed by atoms with van der Waals surface area (Å²) in [7, 11) is 0. The van der Waals surface area contributed by atoms with Crippen LogP contribution in [0.15, 0.2) is 67.3 Å². The molecule has 0 saturated heterocycles. The van der Waals surface area contributed by atoms with Crippen LogP contribution in [0.25, 0.3) is 6.08 Å². The second kappa shape index (κ2) is 9.83. The number of nitro benzene ring substituents is 1. The van der Waals surface area contributed by atoms with Crippen molar-refractivity contribution < 1.29 is 14.5 Å². The third kappa shape index (κ3) is 6.71. The average molecular weight is 383 g/mol. The Morgan fingerprint density at radius 1 is 1.26 bits per heavy atom. The molecule has 0 aliphatic carbocycles. The quantitative estimate of drug-likeness (QED) is 0.249. The van der Waals surface area contributed by atoms with Crippen molar-refractivity contribution in [3.63, 3.8) is 0 Å². The lowest BCUT2D eigenvalue weighted by atomic mass is 10.2. The van der Waals surface area contributed by atoms with Gasteiger partial charge in [0, 0.05) is 30.0 Å². The summed E-state index contributed by atoms with van der Waals surface area (Å²) in [5, 5.41) is 16.2. The molecule has 1 amide bonds. The maximum absolute atomic E-state index is 11.9. The number of thiocarbonyl (C=S) groups is 1. The highest BCUT2D eigenvalue weighted by molar-refractivity contribution is 7.80. The predicted octanol–water partition coefficient (Wildman–Crippen LogP) is 3.69. The zero-order chi connectivity index (χ0) is 19.6. The zero-order valence-electron chi connectivity index (χ0n) is 14.3. The minimum atomic E-state index is -0.484. The third-order valence-electron chi connectivity index (χ3n) is 3.23. The van der Waals surface area contributed by atoms with Crippen LogP contribution in [-0.4, -0.2) is 22.5 Å². The molecule has 0 aromatic heterocycles. The minimum absolute atomic E-state index is 0.0127. The zero-order valence-corrected chi connectivity index (χ0v) is 15.1. The maximum Gasteiger partial charge on any atom is 0.269 e. The monoisotopic (exact) mass is 383 g/mol. The lowest BCUT2D eigenvalue weighted by molar-refractivity contribution is -0.384. The number of non-ortho nitro benzene ring substituents is 1. The Morgan fingerprint density at radius 2 is 2.00 bits per heavy atom. The fraction of sp³-hybridized carbons (Fsp3) is 0.0526. The molecule has 0 aliphatic heterocycles. The van der Waals surface area contributed by atoms with E-state index in [1.54, 1.807) is 42.5 Å². The van der Waals surface area contributed by atoms with E-state index in [0.717, 1.165) is 0 Å². The minimum Gasteiger partial charge on any atom is -0.489 e. The van der Waals surface area contributed by atoms with Gasteiger partial charge in [-0.25, -0.2) is 0 Å². The number of hydrogen-bond donors (Lipinski definition) is 2. The Balaban J connectivity index is 1.88. The molecule has 0 atom stereocenters. The van der Waals surface area contributed by atoms with Crippen molar-refractivity contribution in [3.8, 4) is 5.75 Å². The first kappa shape index (κ1) is 19.8. The average Bonchev–Trinajstić information content (AvgIpc) is 2.65. The number of hydrogen-bond acceptors (Lipinski definition) is 5. The van der Waals surface area contributed by atoms with Gasteiger partial charge in [-0.1, -0.05) is 18.7 Å². The van der Waals surface area contributed by atoms with E-state index in [1.165, 1.54) is 24.3 Å². The third-order valence-corrected chi connectivity index (χ3v) is 3.43. The predicted molar refractivity (Wildman–Crippen MR) is 109 cm³/mol. The fourth-order valence-corrected chi connectivity index (χ4v) is 2.23. The first-order chi connectivity index (χ1) is 13.0. The van der Waals surface area contributed by atoms with Crippen LogP contribution in [0, 0.1) is 10.1 Å². The summed E-state index contributed by atoms with van der Waals surface area (Å²) in [5.41, 5.74) is 1.31. The van der Waals surface area contributed by atoms with Crippen molar-refractivity contribution in [1.29, 1.82) is 0 Å². The Labute approximate surface area is 161 Å². The van der Waals surface area contributed by atoms with Gasteiger partial charge < -0.3 is 10.1 Å². The highest BCUT2D eigenvalue weighted by Crippen LogP contribution is 2.17. The Bertz CT molecular complexity index is 879. The molecule has 0 spiro atoms. The normalized spacial score (nSPS) is 10.2. The van der Waals surface area contributed by atoms with Crippen molar-refractivity contribution in [2.45, 2.75) is 0 Å². The molecule has 2 rings (SSSR count). The van der Waals surface area contributed by atoms with E-state index in [-0.39, 0.29) is 10.8 Å². The van der Waals surface area contributed by atoms with Crippen LogP contribution >= 0.6 is 12.2 Å². The molecule has 2 N–H and O–H groups in total. The molecule has 0 fully saturated rings. The van der Waals surface area contributed by atoms with E-state index in [1.807, 2.05) is 0 Å². The van der Waals surface area contributed by atoms with Crippen LogP contribution in [0.3, 0.4) is 0 Å². The van der Waals surface area contributed by atoms with Crippen LogP contribution in [0.1, 0.15) is 5.56 Å². The van der Waals surface area contributed by atoms with Gasteiger partial charge in [0.05, 0.1) is 4.92 Å². The van der Waals surface area contributed by atoms with Crippen LogP contribution in [-0.2, 0) is 4.79 Å². The lowest BCUT2D eigenvalue weighted by Gasteiger charge is -2.10. The summed E-state index contributed by atoms with van der Waals surface area (Å²) < 4.78 is 5.43. The van der Waals surface area contributed by atoms with Crippen LogP contribution in [0.4, 0.5) is 11.4 Å². The van der Waals surface area contributed by atoms with Gasteiger partial charge in [0.15, 0.2) is 5.11 Å². The van der Waals surface area contributed by atoms with Crippen molar-refractivity contribution in [1.82, 2.24) is 5.32 Å². The van der Waals surface area contributed by atoms with Crippen LogP contribution in [0.5, 0.6) is 5.75 Å². The molecule has 7 nitrogen and oxygen atoms in total. The van der Waals surface area contributed by atoms with Gasteiger partial charge in [0.1, 0.15) is 12.4 Å². The van der Waals surface area contributed by atoms with E-state index in [0.29, 0.717) is 23.6 Å². The van der Waals surface area contributed by atoms with Gasteiger partial charge in [-0.2, -0.15) is 0 Å². The van der Waals surface area contributed by atoms with E-state index in [4.69, 9.17) is 17.0 Å². The standard InChI is InChI=1S/C19H17N3O4S/c1-2-12-26-17-5-3-4-15(13-17)20-19(27)21-18(23)11-8-14-6-9-16(10-7-14)22(24)25/h2-11,13H,1,12H2,(H2,20,21,23,27)/b11-8+. The number of amides is 1. The first-order valence-corrected chi connectivity index (χ1v) is 8.27. The van der Waals surface area contributed by atoms with Gasteiger partial charge >= 0.3 is 0 Å². The highest BCUT2D eigenvalue weighted by atomic mass is 32.1. The van der Waals surface area contributed by atoms with E-state index >= 15 is 0 Å². The molecule has 0 saturated carbocycles. The molecule has 0 bridgehead atoms. The summed E-state index contributed by atoms with van der Waals surface area (Å²) in [6.07, 6.45) is 4.46. The van der Waals surface area contributed by atoms with Crippen molar-refractivity contribution in [2.75, 3.05) is 11.9 Å². The molecule has 0 radical (unpaired) electrons. The maximum atomic E-state index is 11.9. The Kier molecular flexibility index (Phi) is 7.21. The molecule has 0 heterocycles. The number of rotatable bonds is 7. The van der Waals surface area contributed by atoms with Crippen molar-refractivity contribution >= 4 is 40.7 Å². The molecule has 2 aromatic carbocycles. The van der Waals surface area contributed by atoms with Gasteiger partial charge in [0.2, 0.25) is 5.91 Å². The highest BCUT2D eigenvalue weighted by Gasteiger charge is 2.04. The molecule has 138 valence electrons. The smallest absolute Gasteiger partial charge is 0.269 e. The number of carbonyl (C=O) groups excluding carboxylic acids is 1. The summed E-state index contributed by atoms with van der Waals surface area (Å²) in [6, 6.07) is 12.9. The number of benzene rings is 2. The summed E-state index contributed by atoms with van der Waals surface area (Å²) >= 11 is 5.11. The topological polar surface area (TPSA) is 93.5 Å². The number of nitro groups is 1. The summed E-state index contributed by atoms with van der Waals surface area (Å²) in [4.78, 5) is 22.1. The number of anilines is 1. The van der Waals surface area contributed by atoms with Gasteiger partial charge in [0.25, 0.3) is 5.69 Å². The SMILES string of the molecule is C=CCOc1cccc(NC(=S)NC(=O)/C=C/c2ccc([N+](=O)[O-])cc2)c1. The van der Waals surface area contributed by atoms with Crippen molar-refractivity contribution in [2.24, 2.45) is 0 Å². The summed E-state index contributed by atoms with van der Waals surface area (Å²) in [5.74, 6) is 0.219. The molecule has 8 heteroatoms. The molecule has 27 heavy (non-hydrogen) atoms. The van der Waals surface area contributed by atoms with E-state index in [2.05, 4.69) is 17.2 Å². The number of ether oxygens (including phenoxy) is 1. The fourth-order valence-electron chi connectivity index (χ4n) is 2.01. The van der Waals surface area contributed by atoms with Crippen LogP contribution < -0.4 is 15.4 Å². The van der Waals surface area contributed by atoms with Crippen LogP contribution in [0.2, 0.25) is 0 Å². The van der Waals surface area contributed by atoms with E-state index < -0.39 is 10.8 Å². The number of nitrogens with one attached hydrogen (secondary N) is 2. The molecular weight excluding hydrogens is 366 g/mol. The van der Waals surface area contributed by atoms with Crippen molar-refractivity contribution in [3.05, 3.63) is 82.9 Å². The molecule has 0 unspecified atom stereocenters. The summed E-state index contributed by atoms with van der Waals surface area (Å²) in [6.45, 7) is 3.97. The van der Waals surface area contributed by atoms with Gasteiger partial charge in [-0.3, -0.25) is 20.2 Å². The lowest BCUT2D eigenvalue weighted by Crippen LogP contribution is -2.32. The van der Waals surface area contributed by atoms with E-state index in [9.17, 15) is 14.9 Å². The second-order valence-electron chi connectivity index (χ2n) is 5.25. The molecule has 2 aromatic rings.